The van der Waals surface area contributed by atoms with Crippen LogP contribution in [0.3, 0.4) is 0 Å². The predicted molar refractivity (Wildman–Crippen MR) is 171 cm³/mol. The van der Waals surface area contributed by atoms with Crippen LogP contribution in [0.5, 0.6) is 0 Å². The van der Waals surface area contributed by atoms with E-state index in [-0.39, 0.29) is 11.8 Å². The van der Waals surface area contributed by atoms with E-state index in [0.29, 0.717) is 37.8 Å². The minimum atomic E-state index is -2.39. The van der Waals surface area contributed by atoms with Crippen molar-refractivity contribution in [2.45, 2.75) is 116 Å². The average molecular weight is 613 g/mol. The third-order valence-corrected chi connectivity index (χ3v) is 22.6. The van der Waals surface area contributed by atoms with Crippen molar-refractivity contribution in [1.29, 1.82) is 0 Å². The molecule has 2 rings (SSSR count). The zero-order valence-corrected chi connectivity index (χ0v) is 30.0. The fraction of sp³-hybridized carbons (Fsp3) is 0.786. The van der Waals surface area contributed by atoms with E-state index in [9.17, 15) is 9.59 Å². The van der Waals surface area contributed by atoms with Crippen LogP contribution < -0.4 is 10.6 Å². The molecule has 0 aromatic carbocycles. The smallest absolute Gasteiger partial charge is 0.312 e. The number of carbonyl (C=O) groups is 2. The van der Waals surface area contributed by atoms with Crippen LogP contribution in [0, 0.1) is 11.8 Å². The SMILES string of the molecule is C[Si](C)(CCCNC(=O)CC1C=CCC1)O[Si](C)(C)O[Si](C)(C)O[Si](C)(C)CCCNC(=O)CC1C=CCC1. The highest BCUT2D eigenvalue weighted by atomic mass is 28.5. The van der Waals surface area contributed by atoms with E-state index < -0.39 is 33.8 Å². The van der Waals surface area contributed by atoms with Crippen LogP contribution >= 0.6 is 0 Å². The highest BCUT2D eigenvalue weighted by molar-refractivity contribution is 6.89. The van der Waals surface area contributed by atoms with Gasteiger partial charge in [0.1, 0.15) is 0 Å². The largest absolute Gasteiger partial charge is 0.436 e. The molecular weight excluding hydrogens is 557 g/mol. The van der Waals surface area contributed by atoms with Gasteiger partial charge in [0.05, 0.1) is 0 Å². The van der Waals surface area contributed by atoms with Crippen LogP contribution in [0.2, 0.25) is 64.5 Å². The van der Waals surface area contributed by atoms with Gasteiger partial charge in [-0.15, -0.1) is 0 Å². The molecule has 39 heavy (non-hydrogen) atoms. The summed E-state index contributed by atoms with van der Waals surface area (Å²) >= 11 is 0. The van der Waals surface area contributed by atoms with Gasteiger partial charge in [0, 0.05) is 25.9 Å². The highest BCUT2D eigenvalue weighted by Gasteiger charge is 2.43. The lowest BCUT2D eigenvalue weighted by molar-refractivity contribution is -0.122. The second kappa shape index (κ2) is 15.4. The normalized spacial score (nSPS) is 20.0. The van der Waals surface area contributed by atoms with E-state index in [0.717, 1.165) is 50.6 Å². The molecule has 0 aromatic heterocycles. The van der Waals surface area contributed by atoms with E-state index in [1.54, 1.807) is 0 Å². The van der Waals surface area contributed by atoms with Crippen LogP contribution in [0.25, 0.3) is 0 Å². The minimum absolute atomic E-state index is 0.158. The Morgan fingerprint density at radius 1 is 0.667 bits per heavy atom. The Morgan fingerprint density at radius 3 is 1.38 bits per heavy atom. The molecule has 7 nitrogen and oxygen atoms in total. The summed E-state index contributed by atoms with van der Waals surface area (Å²) in [6.07, 6.45) is 16.2. The first-order valence-electron chi connectivity index (χ1n) is 15.0. The van der Waals surface area contributed by atoms with Gasteiger partial charge in [-0.1, -0.05) is 24.3 Å². The fourth-order valence-electron chi connectivity index (χ4n) is 5.90. The maximum absolute atomic E-state index is 12.2. The van der Waals surface area contributed by atoms with Crippen molar-refractivity contribution in [3.05, 3.63) is 24.3 Å². The molecule has 2 aliphatic rings. The van der Waals surface area contributed by atoms with Gasteiger partial charge in [-0.05, 0) is 115 Å². The first kappa shape index (κ1) is 34.4. The fourth-order valence-corrected chi connectivity index (χ4v) is 25.2. The van der Waals surface area contributed by atoms with Crippen molar-refractivity contribution >= 4 is 45.6 Å². The standard InChI is InChI=1S/C28H56N2O5Si4/c1-36(2,21-13-19-29-27(31)23-25-15-9-10-16-25)33-38(5,6)35-39(7,8)34-37(3,4)22-14-20-30-28(32)24-26-17-11-12-18-26/h9,11,15,17,25-26H,10,12-14,16,18-24H2,1-8H3,(H,29,31)(H,30,32). The first-order chi connectivity index (χ1) is 18.1. The van der Waals surface area contributed by atoms with Gasteiger partial charge in [0.15, 0.2) is 16.6 Å². The van der Waals surface area contributed by atoms with Gasteiger partial charge in [-0.2, -0.15) is 0 Å². The lowest BCUT2D eigenvalue weighted by atomic mass is 10.1. The molecule has 0 radical (unpaired) electrons. The number of nitrogens with one attached hydrogen (secondary N) is 2. The minimum Gasteiger partial charge on any atom is -0.436 e. The Kier molecular flexibility index (Phi) is 13.6. The number of hydrogen-bond donors (Lipinski definition) is 2. The summed E-state index contributed by atoms with van der Waals surface area (Å²) in [5, 5.41) is 6.18. The Bertz CT molecular complexity index is 793. The predicted octanol–water partition coefficient (Wildman–Crippen LogP) is 6.58. The summed E-state index contributed by atoms with van der Waals surface area (Å²) in [6, 6.07) is 1.98. The molecule has 0 spiro atoms. The summed E-state index contributed by atoms with van der Waals surface area (Å²) in [4.78, 5) is 24.4. The third kappa shape index (κ3) is 15.1. The van der Waals surface area contributed by atoms with E-state index in [2.05, 4.69) is 87.3 Å². The molecule has 2 atom stereocenters. The van der Waals surface area contributed by atoms with Gasteiger partial charge in [-0.25, -0.2) is 0 Å². The Hall–Kier alpha value is -0.832. The van der Waals surface area contributed by atoms with Gasteiger partial charge in [0.2, 0.25) is 11.8 Å². The van der Waals surface area contributed by atoms with Crippen molar-refractivity contribution < 1.29 is 21.9 Å². The van der Waals surface area contributed by atoms with E-state index in [1.807, 2.05) is 0 Å². The zero-order valence-electron chi connectivity index (χ0n) is 26.0. The molecule has 0 aromatic rings. The Labute approximate surface area is 242 Å². The topological polar surface area (TPSA) is 85.9 Å². The maximum atomic E-state index is 12.2. The van der Waals surface area contributed by atoms with Crippen LogP contribution in [-0.4, -0.2) is 58.7 Å². The summed E-state index contributed by atoms with van der Waals surface area (Å²) < 4.78 is 20.1. The van der Waals surface area contributed by atoms with Crippen molar-refractivity contribution in [2.24, 2.45) is 11.8 Å². The quantitative estimate of drug-likeness (QED) is 0.104. The lowest BCUT2D eigenvalue weighted by Gasteiger charge is -2.41. The van der Waals surface area contributed by atoms with Crippen molar-refractivity contribution in [1.82, 2.24) is 10.6 Å². The molecule has 11 heteroatoms. The third-order valence-electron chi connectivity index (χ3n) is 7.21. The molecule has 2 aliphatic carbocycles. The maximum Gasteiger partial charge on any atom is 0.312 e. The Morgan fingerprint density at radius 2 is 1.05 bits per heavy atom. The second-order valence-electron chi connectivity index (χ2n) is 13.5. The molecular formula is C28H56N2O5Si4. The van der Waals surface area contributed by atoms with Crippen molar-refractivity contribution in [3.63, 3.8) is 0 Å². The van der Waals surface area contributed by atoms with E-state index in [1.165, 1.54) is 0 Å². The Balaban J connectivity index is 1.68. The number of amides is 2. The van der Waals surface area contributed by atoms with Gasteiger partial charge in [0.25, 0.3) is 0 Å². The van der Waals surface area contributed by atoms with Gasteiger partial charge >= 0.3 is 17.1 Å². The number of carbonyl (C=O) groups excluding carboxylic acids is 2. The number of hydrogen-bond acceptors (Lipinski definition) is 5. The molecule has 224 valence electrons. The van der Waals surface area contributed by atoms with E-state index in [4.69, 9.17) is 12.3 Å². The van der Waals surface area contributed by atoms with E-state index >= 15 is 0 Å². The summed E-state index contributed by atoms with van der Waals surface area (Å²) in [5.41, 5.74) is 0. The molecule has 2 amide bonds. The second-order valence-corrected chi connectivity index (χ2v) is 29.6. The molecule has 0 aliphatic heterocycles. The molecule has 0 saturated heterocycles. The van der Waals surface area contributed by atoms with Crippen LogP contribution in [-0.2, 0) is 21.9 Å². The molecule has 0 saturated carbocycles. The molecule has 0 heterocycles. The van der Waals surface area contributed by atoms with Crippen molar-refractivity contribution in [2.75, 3.05) is 13.1 Å². The highest BCUT2D eigenvalue weighted by Crippen LogP contribution is 2.27. The van der Waals surface area contributed by atoms with Gasteiger partial charge < -0.3 is 23.0 Å². The lowest BCUT2D eigenvalue weighted by Crippen LogP contribution is -2.56. The summed E-state index contributed by atoms with van der Waals surface area (Å²) in [5.74, 6) is 1.14. The number of allylic oxidation sites excluding steroid dienone is 4. The first-order valence-corrected chi connectivity index (χ1v) is 26.9. The molecule has 0 bridgehead atoms. The van der Waals surface area contributed by atoms with Crippen molar-refractivity contribution in [3.8, 4) is 0 Å². The molecule has 2 unspecified atom stereocenters. The zero-order chi connectivity index (χ0) is 29.2. The molecule has 0 fully saturated rings. The average Bonchev–Trinajstić information content (AvgIpc) is 3.46. The summed E-state index contributed by atoms with van der Waals surface area (Å²) in [7, 11) is -8.67. The van der Waals surface area contributed by atoms with Crippen LogP contribution in [0.4, 0.5) is 0 Å². The molecule has 2 N–H and O–H groups in total. The van der Waals surface area contributed by atoms with Crippen LogP contribution in [0.15, 0.2) is 24.3 Å². The number of rotatable bonds is 18. The van der Waals surface area contributed by atoms with Gasteiger partial charge in [-0.3, -0.25) is 9.59 Å². The monoisotopic (exact) mass is 612 g/mol. The summed E-state index contributed by atoms with van der Waals surface area (Å²) in [6.45, 7) is 19.0. The van der Waals surface area contributed by atoms with Crippen LogP contribution in [0.1, 0.15) is 51.4 Å².